The third-order valence-electron chi connectivity index (χ3n) is 3.19. The van der Waals surface area contributed by atoms with Gasteiger partial charge in [-0.05, 0) is 48.2 Å². The topological polar surface area (TPSA) is 0 Å². The molecule has 112 valence electrons. The standard InChI is InChI=1S/C16H13Cl2F3/c1-10-2-7-13(14(17)8-10)15(18)9-11-3-5-12(6-4-11)16(19,20)21/h2-8,15H,9H2,1H3. The van der Waals surface area contributed by atoms with Crippen LogP contribution in [0, 0.1) is 6.92 Å². The van der Waals surface area contributed by atoms with E-state index in [0.29, 0.717) is 11.4 Å². The van der Waals surface area contributed by atoms with Crippen molar-refractivity contribution in [1.29, 1.82) is 0 Å². The van der Waals surface area contributed by atoms with Gasteiger partial charge in [-0.2, -0.15) is 13.2 Å². The molecule has 2 aromatic carbocycles. The summed E-state index contributed by atoms with van der Waals surface area (Å²) in [6, 6.07) is 10.6. The summed E-state index contributed by atoms with van der Waals surface area (Å²) in [4.78, 5) is 0. The van der Waals surface area contributed by atoms with Gasteiger partial charge in [-0.3, -0.25) is 0 Å². The average Bonchev–Trinajstić information content (AvgIpc) is 2.38. The maximum absolute atomic E-state index is 12.5. The second kappa shape index (κ2) is 6.29. The Labute approximate surface area is 131 Å². The zero-order valence-electron chi connectivity index (χ0n) is 11.2. The molecule has 0 fully saturated rings. The van der Waals surface area contributed by atoms with Crippen LogP contribution in [0.1, 0.15) is 27.6 Å². The normalized spacial score (nSPS) is 13.2. The van der Waals surface area contributed by atoms with Crippen molar-refractivity contribution in [3.05, 3.63) is 69.7 Å². The predicted octanol–water partition coefficient (Wildman–Crippen LogP) is 6.19. The molecule has 0 spiro atoms. The van der Waals surface area contributed by atoms with Gasteiger partial charge in [0, 0.05) is 5.02 Å². The van der Waals surface area contributed by atoms with Gasteiger partial charge in [0.2, 0.25) is 0 Å². The van der Waals surface area contributed by atoms with Gasteiger partial charge in [-0.15, -0.1) is 11.6 Å². The van der Waals surface area contributed by atoms with E-state index in [-0.39, 0.29) is 5.38 Å². The van der Waals surface area contributed by atoms with Crippen molar-refractivity contribution in [2.24, 2.45) is 0 Å². The molecule has 0 saturated heterocycles. The van der Waals surface area contributed by atoms with Crippen LogP contribution in [-0.2, 0) is 12.6 Å². The quantitative estimate of drug-likeness (QED) is 0.588. The molecule has 2 aromatic rings. The number of hydrogen-bond acceptors (Lipinski definition) is 0. The number of hydrogen-bond donors (Lipinski definition) is 0. The largest absolute Gasteiger partial charge is 0.416 e. The van der Waals surface area contributed by atoms with E-state index in [0.717, 1.165) is 28.8 Å². The van der Waals surface area contributed by atoms with Gasteiger partial charge >= 0.3 is 6.18 Å². The van der Waals surface area contributed by atoms with Crippen LogP contribution in [0.3, 0.4) is 0 Å². The Morgan fingerprint density at radius 1 is 1.05 bits per heavy atom. The fraction of sp³-hybridized carbons (Fsp3) is 0.250. The van der Waals surface area contributed by atoms with E-state index in [1.807, 2.05) is 25.1 Å². The molecular weight excluding hydrogens is 320 g/mol. The van der Waals surface area contributed by atoms with Crippen LogP contribution in [0.4, 0.5) is 13.2 Å². The van der Waals surface area contributed by atoms with Crippen LogP contribution >= 0.6 is 23.2 Å². The van der Waals surface area contributed by atoms with Crippen LogP contribution < -0.4 is 0 Å². The first-order chi connectivity index (χ1) is 9.77. The number of alkyl halides is 4. The first-order valence-corrected chi connectivity index (χ1v) is 7.15. The minimum atomic E-state index is -4.32. The Morgan fingerprint density at radius 2 is 1.67 bits per heavy atom. The highest BCUT2D eigenvalue weighted by Crippen LogP contribution is 2.33. The van der Waals surface area contributed by atoms with Crippen molar-refractivity contribution < 1.29 is 13.2 Å². The lowest BCUT2D eigenvalue weighted by atomic mass is 10.0. The average molecular weight is 333 g/mol. The highest BCUT2D eigenvalue weighted by atomic mass is 35.5. The third-order valence-corrected chi connectivity index (χ3v) is 3.91. The van der Waals surface area contributed by atoms with E-state index in [9.17, 15) is 13.2 Å². The molecule has 0 aliphatic heterocycles. The monoisotopic (exact) mass is 332 g/mol. The Bertz CT molecular complexity index is 618. The summed E-state index contributed by atoms with van der Waals surface area (Å²) in [5.74, 6) is 0. The molecule has 0 aliphatic rings. The zero-order valence-corrected chi connectivity index (χ0v) is 12.7. The molecule has 2 rings (SSSR count). The molecule has 5 heteroatoms. The van der Waals surface area contributed by atoms with Crippen LogP contribution in [0.5, 0.6) is 0 Å². The van der Waals surface area contributed by atoms with Crippen LogP contribution in [-0.4, -0.2) is 0 Å². The first kappa shape index (κ1) is 16.2. The Kier molecular flexibility index (Phi) is 4.84. The maximum Gasteiger partial charge on any atom is 0.416 e. The van der Waals surface area contributed by atoms with E-state index in [1.165, 1.54) is 12.1 Å². The van der Waals surface area contributed by atoms with Gasteiger partial charge in [0.25, 0.3) is 0 Å². The van der Waals surface area contributed by atoms with Crippen molar-refractivity contribution in [3.63, 3.8) is 0 Å². The highest BCUT2D eigenvalue weighted by molar-refractivity contribution is 6.32. The lowest BCUT2D eigenvalue weighted by Crippen LogP contribution is -2.05. The molecule has 0 saturated carbocycles. The number of rotatable bonds is 3. The van der Waals surface area contributed by atoms with Crippen LogP contribution in [0.15, 0.2) is 42.5 Å². The summed E-state index contributed by atoms with van der Waals surface area (Å²) in [5.41, 5.74) is 1.89. The maximum atomic E-state index is 12.5. The van der Waals surface area contributed by atoms with Crippen molar-refractivity contribution in [2.75, 3.05) is 0 Å². The number of benzene rings is 2. The van der Waals surface area contributed by atoms with Crippen molar-refractivity contribution in [1.82, 2.24) is 0 Å². The molecule has 0 heterocycles. The summed E-state index contributed by atoms with van der Waals surface area (Å²) in [6.45, 7) is 1.93. The molecule has 0 bridgehead atoms. The summed E-state index contributed by atoms with van der Waals surface area (Å²) < 4.78 is 37.5. The summed E-state index contributed by atoms with van der Waals surface area (Å²) >= 11 is 12.5. The molecular formula is C16H13Cl2F3. The van der Waals surface area contributed by atoms with E-state index < -0.39 is 11.7 Å². The fourth-order valence-electron chi connectivity index (χ4n) is 2.03. The molecule has 0 aromatic heterocycles. The van der Waals surface area contributed by atoms with Gasteiger partial charge < -0.3 is 0 Å². The van der Waals surface area contributed by atoms with Gasteiger partial charge in [0.15, 0.2) is 0 Å². The molecule has 1 atom stereocenters. The summed E-state index contributed by atoms with van der Waals surface area (Å²) in [6.07, 6.45) is -3.90. The van der Waals surface area contributed by atoms with Crippen LogP contribution in [0.25, 0.3) is 0 Å². The van der Waals surface area contributed by atoms with Gasteiger partial charge in [-0.1, -0.05) is 35.9 Å². The molecule has 0 nitrogen and oxygen atoms in total. The second-order valence-electron chi connectivity index (χ2n) is 4.89. The summed E-state index contributed by atoms with van der Waals surface area (Å²) in [7, 11) is 0. The lowest BCUT2D eigenvalue weighted by Gasteiger charge is -2.13. The number of aryl methyl sites for hydroxylation is 1. The predicted molar refractivity (Wildman–Crippen MR) is 79.9 cm³/mol. The summed E-state index contributed by atoms with van der Waals surface area (Å²) in [5, 5.41) is 0.191. The van der Waals surface area contributed by atoms with Gasteiger partial charge in [-0.25, -0.2) is 0 Å². The molecule has 0 radical (unpaired) electrons. The van der Waals surface area contributed by atoms with Crippen molar-refractivity contribution in [3.8, 4) is 0 Å². The zero-order chi connectivity index (χ0) is 15.6. The fourth-order valence-corrected chi connectivity index (χ4v) is 2.82. The van der Waals surface area contributed by atoms with Gasteiger partial charge in [0.1, 0.15) is 0 Å². The first-order valence-electron chi connectivity index (χ1n) is 6.33. The highest BCUT2D eigenvalue weighted by Gasteiger charge is 2.30. The third kappa shape index (κ3) is 4.14. The SMILES string of the molecule is Cc1ccc(C(Cl)Cc2ccc(C(F)(F)F)cc2)c(Cl)c1. The van der Waals surface area contributed by atoms with E-state index in [2.05, 4.69) is 0 Å². The Morgan fingerprint density at radius 3 is 2.19 bits per heavy atom. The van der Waals surface area contributed by atoms with Crippen LogP contribution in [0.2, 0.25) is 5.02 Å². The Hall–Kier alpha value is -1.19. The van der Waals surface area contributed by atoms with E-state index in [1.54, 1.807) is 0 Å². The molecule has 1 unspecified atom stereocenters. The molecule has 0 aliphatic carbocycles. The molecule has 0 N–H and O–H groups in total. The minimum Gasteiger partial charge on any atom is -0.166 e. The van der Waals surface area contributed by atoms with E-state index in [4.69, 9.17) is 23.2 Å². The lowest BCUT2D eigenvalue weighted by molar-refractivity contribution is -0.137. The molecule has 21 heavy (non-hydrogen) atoms. The molecule has 0 amide bonds. The second-order valence-corrected chi connectivity index (χ2v) is 5.83. The minimum absolute atomic E-state index is 0.380. The van der Waals surface area contributed by atoms with E-state index >= 15 is 0 Å². The van der Waals surface area contributed by atoms with Crippen molar-refractivity contribution in [2.45, 2.75) is 24.9 Å². The smallest absolute Gasteiger partial charge is 0.166 e. The van der Waals surface area contributed by atoms with Gasteiger partial charge in [0.05, 0.1) is 10.9 Å². The number of halogens is 5. The Balaban J connectivity index is 2.14. The van der Waals surface area contributed by atoms with Crippen molar-refractivity contribution >= 4 is 23.2 Å².